The van der Waals surface area contributed by atoms with Crippen LogP contribution < -0.4 is 4.90 Å². The van der Waals surface area contributed by atoms with Crippen molar-refractivity contribution >= 4 is 28.3 Å². The normalized spacial score (nSPS) is 10.9. The predicted octanol–water partition coefficient (Wildman–Crippen LogP) is 4.07. The molecule has 16 heavy (non-hydrogen) atoms. The van der Waals surface area contributed by atoms with Crippen molar-refractivity contribution in [2.75, 3.05) is 23.4 Å². The van der Waals surface area contributed by atoms with Crippen molar-refractivity contribution in [3.05, 3.63) is 42.0 Å². The average molecular weight is 329 g/mol. The Balaban J connectivity index is 2.37. The summed E-state index contributed by atoms with van der Waals surface area (Å²) in [5.74, 6) is 0. The van der Waals surface area contributed by atoms with Crippen molar-refractivity contribution in [2.24, 2.45) is 0 Å². The number of allylic oxidation sites excluding steroid dienone is 2. The van der Waals surface area contributed by atoms with Crippen molar-refractivity contribution in [3.63, 3.8) is 0 Å². The lowest BCUT2D eigenvalue weighted by Crippen LogP contribution is -2.08. The Bertz CT molecular complexity index is 314. The highest BCUT2D eigenvalue weighted by atomic mass is 127. The summed E-state index contributed by atoms with van der Waals surface area (Å²) in [7, 11) is 4.14. The van der Waals surface area contributed by atoms with Crippen LogP contribution in [0, 0.1) is 0 Å². The third kappa shape index (κ3) is 5.01. The maximum absolute atomic E-state index is 2.40. The van der Waals surface area contributed by atoms with E-state index in [0.717, 1.165) is 12.8 Å². The van der Waals surface area contributed by atoms with Gasteiger partial charge in [0.2, 0.25) is 0 Å². The van der Waals surface area contributed by atoms with Crippen LogP contribution in [0.25, 0.3) is 0 Å². The summed E-state index contributed by atoms with van der Waals surface area (Å²) in [6.45, 7) is 0. The molecule has 1 aromatic rings. The summed E-state index contributed by atoms with van der Waals surface area (Å²) in [5.41, 5.74) is 2.69. The van der Waals surface area contributed by atoms with Crippen LogP contribution in [0.4, 0.5) is 5.69 Å². The van der Waals surface area contributed by atoms with Gasteiger partial charge in [0.25, 0.3) is 0 Å². The van der Waals surface area contributed by atoms with E-state index in [0.29, 0.717) is 0 Å². The first-order valence-electron chi connectivity index (χ1n) is 5.71. The number of nitrogens with zero attached hydrogens (tertiary/aromatic N) is 1. The monoisotopic (exact) mass is 329 g/mol. The van der Waals surface area contributed by atoms with Crippen molar-refractivity contribution < 1.29 is 0 Å². The highest BCUT2D eigenvalue weighted by Gasteiger charge is 1.95. The molecule has 0 fully saturated rings. The summed E-state index contributed by atoms with van der Waals surface area (Å²) < 4.78 is 1.21. The molecule has 1 rings (SSSR count). The first-order chi connectivity index (χ1) is 7.74. The number of benzene rings is 1. The van der Waals surface area contributed by atoms with Gasteiger partial charge in [-0.05, 0) is 37.0 Å². The second kappa shape index (κ2) is 7.71. The molecule has 1 aromatic carbocycles. The number of aryl methyl sites for hydroxylation is 1. The van der Waals surface area contributed by atoms with Gasteiger partial charge in [0.1, 0.15) is 0 Å². The fourth-order valence-electron chi connectivity index (χ4n) is 1.51. The molecule has 0 aromatic heterocycles. The van der Waals surface area contributed by atoms with Crippen LogP contribution in [0.15, 0.2) is 36.4 Å². The van der Waals surface area contributed by atoms with E-state index >= 15 is 0 Å². The number of alkyl halides is 1. The van der Waals surface area contributed by atoms with Crippen LogP contribution in [0.3, 0.4) is 0 Å². The Morgan fingerprint density at radius 1 is 1.06 bits per heavy atom. The molecule has 0 unspecified atom stereocenters. The number of hydrogen-bond acceptors (Lipinski definition) is 1. The second-order valence-corrected chi connectivity index (χ2v) is 5.13. The Morgan fingerprint density at radius 3 is 2.25 bits per heavy atom. The molecule has 88 valence electrons. The van der Waals surface area contributed by atoms with Gasteiger partial charge in [0.15, 0.2) is 0 Å². The molecule has 0 bridgehead atoms. The van der Waals surface area contributed by atoms with Gasteiger partial charge in [-0.2, -0.15) is 0 Å². The molecule has 0 heterocycles. The molecule has 0 aliphatic carbocycles. The Labute approximate surface area is 113 Å². The number of hydrogen-bond donors (Lipinski definition) is 0. The van der Waals surface area contributed by atoms with Gasteiger partial charge < -0.3 is 4.90 Å². The maximum Gasteiger partial charge on any atom is 0.0361 e. The van der Waals surface area contributed by atoms with Gasteiger partial charge in [0, 0.05) is 24.2 Å². The van der Waals surface area contributed by atoms with Gasteiger partial charge in [-0.15, -0.1) is 0 Å². The minimum absolute atomic E-state index is 1.14. The minimum atomic E-state index is 1.14. The zero-order valence-corrected chi connectivity index (χ0v) is 12.3. The quantitative estimate of drug-likeness (QED) is 0.432. The van der Waals surface area contributed by atoms with Crippen molar-refractivity contribution in [1.29, 1.82) is 0 Å². The standard InChI is InChI=1S/C14H20IN/c1-16(2)14-10-8-13(9-11-14)7-5-3-4-6-12-15/h3-4,8-11H,5-7,12H2,1-2H3. The lowest BCUT2D eigenvalue weighted by atomic mass is 10.1. The molecule has 1 nitrogen and oxygen atoms in total. The molecular weight excluding hydrogens is 309 g/mol. The van der Waals surface area contributed by atoms with E-state index in [1.807, 2.05) is 0 Å². The minimum Gasteiger partial charge on any atom is -0.378 e. The van der Waals surface area contributed by atoms with Crippen molar-refractivity contribution in [1.82, 2.24) is 0 Å². The van der Waals surface area contributed by atoms with Gasteiger partial charge in [-0.25, -0.2) is 0 Å². The van der Waals surface area contributed by atoms with Crippen LogP contribution in [-0.4, -0.2) is 18.5 Å². The van der Waals surface area contributed by atoms with Gasteiger partial charge >= 0.3 is 0 Å². The van der Waals surface area contributed by atoms with E-state index in [2.05, 4.69) is 78.0 Å². The first-order valence-corrected chi connectivity index (χ1v) is 7.24. The van der Waals surface area contributed by atoms with Gasteiger partial charge in [-0.1, -0.05) is 46.9 Å². The zero-order chi connectivity index (χ0) is 11.8. The molecule has 0 aliphatic heterocycles. The highest BCUT2D eigenvalue weighted by molar-refractivity contribution is 14.1. The third-order valence-corrected chi connectivity index (χ3v) is 3.12. The molecule has 2 heteroatoms. The summed E-state index contributed by atoms with van der Waals surface area (Å²) in [6, 6.07) is 8.82. The molecular formula is C14H20IN. The molecule has 0 N–H and O–H groups in total. The Hall–Kier alpha value is -0.510. The number of anilines is 1. The largest absolute Gasteiger partial charge is 0.378 e. The first kappa shape index (κ1) is 13.6. The van der Waals surface area contributed by atoms with Crippen LogP contribution in [0.1, 0.15) is 18.4 Å². The fourth-order valence-corrected chi connectivity index (χ4v) is 1.87. The number of halogens is 1. The molecule has 0 saturated carbocycles. The van der Waals surface area contributed by atoms with Gasteiger partial charge in [-0.3, -0.25) is 0 Å². The molecule has 0 aliphatic rings. The lowest BCUT2D eigenvalue weighted by Gasteiger charge is -2.12. The second-order valence-electron chi connectivity index (χ2n) is 4.05. The predicted molar refractivity (Wildman–Crippen MR) is 81.7 cm³/mol. The summed E-state index contributed by atoms with van der Waals surface area (Å²) in [5, 5.41) is 0. The Morgan fingerprint density at radius 2 is 1.69 bits per heavy atom. The average Bonchev–Trinajstić information content (AvgIpc) is 2.29. The topological polar surface area (TPSA) is 3.24 Å². The van der Waals surface area contributed by atoms with E-state index in [9.17, 15) is 0 Å². The van der Waals surface area contributed by atoms with E-state index < -0.39 is 0 Å². The smallest absolute Gasteiger partial charge is 0.0361 e. The van der Waals surface area contributed by atoms with Crippen LogP contribution in [0.5, 0.6) is 0 Å². The Kier molecular flexibility index (Phi) is 6.53. The van der Waals surface area contributed by atoms with E-state index in [-0.39, 0.29) is 0 Å². The van der Waals surface area contributed by atoms with Crippen LogP contribution in [-0.2, 0) is 6.42 Å². The zero-order valence-electron chi connectivity index (χ0n) is 10.1. The summed E-state index contributed by atoms with van der Waals surface area (Å²) in [4.78, 5) is 2.13. The summed E-state index contributed by atoms with van der Waals surface area (Å²) >= 11 is 2.40. The third-order valence-electron chi connectivity index (χ3n) is 2.49. The van der Waals surface area contributed by atoms with Crippen molar-refractivity contribution in [2.45, 2.75) is 19.3 Å². The van der Waals surface area contributed by atoms with Crippen molar-refractivity contribution in [3.8, 4) is 0 Å². The van der Waals surface area contributed by atoms with E-state index in [1.165, 1.54) is 22.1 Å². The summed E-state index contributed by atoms with van der Waals surface area (Å²) in [6.07, 6.45) is 8.06. The van der Waals surface area contributed by atoms with Crippen LogP contribution in [0.2, 0.25) is 0 Å². The molecule has 0 radical (unpaired) electrons. The molecule has 0 spiro atoms. The van der Waals surface area contributed by atoms with E-state index in [4.69, 9.17) is 0 Å². The maximum atomic E-state index is 2.40. The molecule has 0 amide bonds. The number of rotatable bonds is 6. The lowest BCUT2D eigenvalue weighted by molar-refractivity contribution is 0.991. The SMILES string of the molecule is CN(C)c1ccc(CCC=CCCI)cc1. The van der Waals surface area contributed by atoms with Gasteiger partial charge in [0.05, 0.1) is 0 Å². The van der Waals surface area contributed by atoms with Crippen LogP contribution >= 0.6 is 22.6 Å². The highest BCUT2D eigenvalue weighted by Crippen LogP contribution is 2.13. The van der Waals surface area contributed by atoms with E-state index in [1.54, 1.807) is 0 Å². The fraction of sp³-hybridized carbons (Fsp3) is 0.429. The molecule has 0 saturated heterocycles. The molecule has 0 atom stereocenters.